The molecule has 6 aliphatic rings. The van der Waals surface area contributed by atoms with E-state index < -0.39 is 41.9 Å². The number of hydrogen-bond donors (Lipinski definition) is 2. The Balaban J connectivity index is 1.19. The molecule has 5 heterocycles. The molecule has 0 aromatic heterocycles. The third-order valence-electron chi connectivity index (χ3n) is 9.95. The van der Waals surface area contributed by atoms with Gasteiger partial charge in [-0.05, 0) is 70.6 Å². The lowest BCUT2D eigenvalue weighted by atomic mass is 9.58. The number of carbonyl (C=O) groups excluding carboxylic acids is 2. The number of amides is 1. The largest absolute Gasteiger partial charge is 0.481 e. The molecular formula is C29H45NO10. The van der Waals surface area contributed by atoms with Gasteiger partial charge in [-0.3, -0.25) is 14.4 Å². The van der Waals surface area contributed by atoms with E-state index in [9.17, 15) is 19.5 Å². The van der Waals surface area contributed by atoms with Crippen LogP contribution in [-0.4, -0.2) is 65.2 Å². The quantitative estimate of drug-likeness (QED) is 0.330. The topological polar surface area (TPSA) is 139 Å². The average molecular weight is 568 g/mol. The van der Waals surface area contributed by atoms with Gasteiger partial charge in [-0.25, -0.2) is 9.78 Å². The molecule has 1 amide bonds. The summed E-state index contributed by atoms with van der Waals surface area (Å²) in [5, 5.41) is 12.3. The summed E-state index contributed by atoms with van der Waals surface area (Å²) >= 11 is 0. The van der Waals surface area contributed by atoms with E-state index >= 15 is 0 Å². The molecule has 226 valence electrons. The number of hydrogen-bond acceptors (Lipinski definition) is 9. The second-order valence-electron chi connectivity index (χ2n) is 13.4. The van der Waals surface area contributed by atoms with E-state index in [1.165, 1.54) is 0 Å². The average Bonchev–Trinajstić information content (AvgIpc) is 3.10. The predicted octanol–water partition coefficient (Wildman–Crippen LogP) is 3.68. The van der Waals surface area contributed by atoms with Gasteiger partial charge in [-0.1, -0.05) is 13.8 Å². The maximum atomic E-state index is 12.9. The van der Waals surface area contributed by atoms with E-state index in [1.54, 1.807) is 0 Å². The van der Waals surface area contributed by atoms with E-state index in [0.717, 1.165) is 19.3 Å². The van der Waals surface area contributed by atoms with Gasteiger partial charge >= 0.3 is 11.9 Å². The minimum Gasteiger partial charge on any atom is -0.481 e. The zero-order valence-corrected chi connectivity index (χ0v) is 24.3. The van der Waals surface area contributed by atoms with Crippen molar-refractivity contribution in [2.75, 3.05) is 6.61 Å². The highest BCUT2D eigenvalue weighted by Gasteiger charge is 2.69. The van der Waals surface area contributed by atoms with Gasteiger partial charge in [0.15, 0.2) is 11.9 Å². The molecule has 5 saturated heterocycles. The SMILES string of the molecule is C[C@H]1[C@H](OC(=O)CCC(=O)N[C@@H](CC(=O)O)[C@@H]2CCOC(C)(C)C2)O[C@@H]2O[C@]3(C)CC[C@H]4[C@H](C)CC[C@@H]1[C@@]24OO3. The lowest BCUT2D eigenvalue weighted by Crippen LogP contribution is -2.70. The van der Waals surface area contributed by atoms with Crippen LogP contribution in [0.4, 0.5) is 0 Å². The number of ether oxygens (including phenoxy) is 4. The van der Waals surface area contributed by atoms with Gasteiger partial charge in [0.25, 0.3) is 0 Å². The van der Waals surface area contributed by atoms with Crippen LogP contribution in [0.5, 0.6) is 0 Å². The minimum absolute atomic E-state index is 0.0236. The third-order valence-corrected chi connectivity index (χ3v) is 9.95. The molecular weight excluding hydrogens is 522 g/mol. The molecule has 5 aliphatic heterocycles. The van der Waals surface area contributed by atoms with Crippen molar-refractivity contribution in [1.82, 2.24) is 5.32 Å². The van der Waals surface area contributed by atoms with Crippen LogP contribution in [0.1, 0.15) is 92.4 Å². The van der Waals surface area contributed by atoms with Crippen LogP contribution in [0.3, 0.4) is 0 Å². The van der Waals surface area contributed by atoms with E-state index in [-0.39, 0.29) is 54.4 Å². The number of esters is 1. The number of carboxylic acid groups (broad SMARTS) is 1. The van der Waals surface area contributed by atoms with Gasteiger partial charge in [-0.2, -0.15) is 0 Å². The van der Waals surface area contributed by atoms with Crippen molar-refractivity contribution in [3.8, 4) is 0 Å². The molecule has 2 bridgehead atoms. The van der Waals surface area contributed by atoms with Crippen molar-refractivity contribution in [2.24, 2.45) is 29.6 Å². The first-order chi connectivity index (χ1) is 18.8. The molecule has 40 heavy (non-hydrogen) atoms. The molecule has 2 N–H and O–H groups in total. The third kappa shape index (κ3) is 5.77. The number of carboxylic acids is 1. The lowest BCUT2D eigenvalue weighted by Gasteiger charge is -2.59. The lowest BCUT2D eigenvalue weighted by molar-refractivity contribution is -0.576. The Kier molecular flexibility index (Phi) is 8.26. The van der Waals surface area contributed by atoms with E-state index in [2.05, 4.69) is 12.2 Å². The zero-order valence-electron chi connectivity index (χ0n) is 24.3. The Morgan fingerprint density at radius 3 is 2.52 bits per heavy atom. The van der Waals surface area contributed by atoms with Crippen molar-refractivity contribution < 1.29 is 48.2 Å². The highest BCUT2D eigenvalue weighted by atomic mass is 17.3. The van der Waals surface area contributed by atoms with E-state index in [1.807, 2.05) is 27.7 Å². The summed E-state index contributed by atoms with van der Waals surface area (Å²) in [6.45, 7) is 10.5. The molecule has 1 spiro atoms. The second kappa shape index (κ2) is 11.1. The highest BCUT2D eigenvalue weighted by Crippen LogP contribution is 2.60. The normalized spacial score (nSPS) is 42.7. The Labute approximate surface area is 235 Å². The molecule has 0 unspecified atom stereocenters. The van der Waals surface area contributed by atoms with Crippen molar-refractivity contribution >= 4 is 17.8 Å². The molecule has 1 aliphatic carbocycles. The molecule has 1 saturated carbocycles. The van der Waals surface area contributed by atoms with Gasteiger partial charge in [0.05, 0.1) is 18.4 Å². The second-order valence-corrected chi connectivity index (χ2v) is 13.4. The van der Waals surface area contributed by atoms with Crippen LogP contribution < -0.4 is 5.32 Å². The maximum absolute atomic E-state index is 12.9. The number of carbonyl (C=O) groups is 3. The smallest absolute Gasteiger partial charge is 0.308 e. The molecule has 0 radical (unpaired) electrons. The molecule has 11 heteroatoms. The van der Waals surface area contributed by atoms with Gasteiger partial charge in [0.1, 0.15) is 0 Å². The number of aliphatic carboxylic acids is 1. The summed E-state index contributed by atoms with van der Waals surface area (Å²) in [5.74, 6) is -2.34. The maximum Gasteiger partial charge on any atom is 0.308 e. The Morgan fingerprint density at radius 2 is 1.80 bits per heavy atom. The first-order valence-corrected chi connectivity index (χ1v) is 14.9. The predicted molar refractivity (Wildman–Crippen MR) is 139 cm³/mol. The fourth-order valence-corrected chi connectivity index (χ4v) is 7.84. The van der Waals surface area contributed by atoms with Gasteiger partial charge in [-0.15, -0.1) is 0 Å². The van der Waals surface area contributed by atoms with Crippen LogP contribution >= 0.6 is 0 Å². The van der Waals surface area contributed by atoms with Gasteiger partial charge in [0.2, 0.25) is 18.0 Å². The summed E-state index contributed by atoms with van der Waals surface area (Å²) in [4.78, 5) is 49.1. The van der Waals surface area contributed by atoms with Crippen LogP contribution in [0.25, 0.3) is 0 Å². The first kappa shape index (κ1) is 29.7. The minimum atomic E-state index is -0.979. The summed E-state index contributed by atoms with van der Waals surface area (Å²) in [7, 11) is 0. The Hall–Kier alpha value is -1.79. The fraction of sp³-hybridized carbons (Fsp3) is 0.897. The standard InChI is InChI=1S/C29H45NO10/c1-16-6-7-20-17(2)25(37-26-29(20)19(16)10-12-28(5,38-26)39-40-29)36-24(34)9-8-22(31)30-21(14-23(32)33)18-11-13-35-27(3,4)15-18/h16-21,25-26H,6-15H2,1-5H3,(H,30,31)(H,32,33)/t16-,17-,18-,19+,20+,21+,25-,26-,28+,29-/m1/s1. The van der Waals surface area contributed by atoms with Crippen molar-refractivity contribution in [3.63, 3.8) is 0 Å². The Morgan fingerprint density at radius 1 is 1.02 bits per heavy atom. The molecule has 11 nitrogen and oxygen atoms in total. The molecule has 6 fully saturated rings. The summed E-state index contributed by atoms with van der Waals surface area (Å²) in [5.41, 5.74) is -1.12. The summed E-state index contributed by atoms with van der Waals surface area (Å²) in [6.07, 6.45) is 2.85. The van der Waals surface area contributed by atoms with Crippen molar-refractivity contribution in [1.29, 1.82) is 0 Å². The van der Waals surface area contributed by atoms with Crippen molar-refractivity contribution in [2.45, 2.75) is 128 Å². The zero-order chi connectivity index (χ0) is 28.9. The van der Waals surface area contributed by atoms with Crippen LogP contribution in [0.2, 0.25) is 0 Å². The fourth-order valence-electron chi connectivity index (χ4n) is 7.84. The van der Waals surface area contributed by atoms with E-state index in [4.69, 9.17) is 28.7 Å². The molecule has 0 aromatic rings. The van der Waals surface area contributed by atoms with Crippen LogP contribution in [-0.2, 0) is 43.1 Å². The monoisotopic (exact) mass is 567 g/mol. The summed E-state index contributed by atoms with van der Waals surface area (Å²) in [6, 6.07) is -0.532. The van der Waals surface area contributed by atoms with Crippen LogP contribution in [0, 0.1) is 29.6 Å². The summed E-state index contributed by atoms with van der Waals surface area (Å²) < 4.78 is 24.1. The molecule has 0 aromatic carbocycles. The molecule has 10 atom stereocenters. The van der Waals surface area contributed by atoms with E-state index in [0.29, 0.717) is 31.8 Å². The number of nitrogens with one attached hydrogen (secondary N) is 1. The number of rotatable bonds is 8. The van der Waals surface area contributed by atoms with Crippen LogP contribution in [0.15, 0.2) is 0 Å². The van der Waals surface area contributed by atoms with Crippen molar-refractivity contribution in [3.05, 3.63) is 0 Å². The highest BCUT2D eigenvalue weighted by molar-refractivity contribution is 5.82. The first-order valence-electron chi connectivity index (χ1n) is 14.9. The Bertz CT molecular complexity index is 988. The van der Waals surface area contributed by atoms with Gasteiger partial charge in [0, 0.05) is 37.3 Å². The molecule has 6 rings (SSSR count). The van der Waals surface area contributed by atoms with Gasteiger partial charge < -0.3 is 29.4 Å². The number of fused-ring (bicyclic) bond motifs is 2.